The van der Waals surface area contributed by atoms with Crippen LogP contribution in [0.1, 0.15) is 11.3 Å². The second-order valence-corrected chi connectivity index (χ2v) is 3.13. The van der Waals surface area contributed by atoms with Crippen LogP contribution >= 0.6 is 0 Å². The smallest absolute Gasteiger partial charge is 0.188 e. The Balaban J connectivity index is 3.25. The minimum absolute atomic E-state index is 0.150. The summed E-state index contributed by atoms with van der Waals surface area (Å²) in [4.78, 5) is 3.95. The maximum Gasteiger partial charge on any atom is 0.188 e. The standard InChI is InChI=1S/C7H6N2O2S/c1-5-6(3-8)2-7(4-9-5)12(10)11/h2,4H,1H3,(H,10,11). The number of hydrogen-bond acceptors (Lipinski definition) is 3. The molecule has 5 heteroatoms. The number of nitriles is 1. The summed E-state index contributed by atoms with van der Waals surface area (Å²) in [5, 5.41) is 8.55. The highest BCUT2D eigenvalue weighted by Crippen LogP contribution is 2.08. The monoisotopic (exact) mass is 182 g/mol. The van der Waals surface area contributed by atoms with Gasteiger partial charge in [-0.15, -0.1) is 0 Å². The fourth-order valence-corrected chi connectivity index (χ4v) is 1.08. The molecule has 1 N–H and O–H groups in total. The molecule has 1 unspecified atom stereocenters. The van der Waals surface area contributed by atoms with Crippen LogP contribution in [0, 0.1) is 18.3 Å². The highest BCUT2D eigenvalue weighted by Gasteiger charge is 2.04. The molecule has 1 aromatic rings. The van der Waals surface area contributed by atoms with E-state index < -0.39 is 11.1 Å². The van der Waals surface area contributed by atoms with Crippen molar-refractivity contribution < 1.29 is 8.76 Å². The lowest BCUT2D eigenvalue weighted by Crippen LogP contribution is -1.94. The van der Waals surface area contributed by atoms with Gasteiger partial charge in [-0.3, -0.25) is 4.98 Å². The highest BCUT2D eigenvalue weighted by atomic mass is 32.2. The fraction of sp³-hybridized carbons (Fsp3) is 0.143. The SMILES string of the molecule is Cc1ncc(S(=O)O)cc1C#N. The van der Waals surface area contributed by atoms with Crippen LogP contribution in [0.2, 0.25) is 0 Å². The zero-order valence-corrected chi connectivity index (χ0v) is 7.13. The third kappa shape index (κ3) is 1.67. The van der Waals surface area contributed by atoms with Crippen molar-refractivity contribution in [2.24, 2.45) is 0 Å². The van der Waals surface area contributed by atoms with E-state index in [2.05, 4.69) is 4.98 Å². The number of aromatic nitrogens is 1. The highest BCUT2D eigenvalue weighted by molar-refractivity contribution is 7.79. The van der Waals surface area contributed by atoms with Crippen LogP contribution < -0.4 is 0 Å². The predicted octanol–water partition coefficient (Wildman–Crippen LogP) is 0.842. The summed E-state index contributed by atoms with van der Waals surface area (Å²) in [6.07, 6.45) is 1.28. The van der Waals surface area contributed by atoms with E-state index in [0.717, 1.165) is 0 Å². The molecule has 1 atom stereocenters. The zero-order chi connectivity index (χ0) is 9.14. The van der Waals surface area contributed by atoms with Crippen LogP contribution in [0.25, 0.3) is 0 Å². The third-order valence-electron chi connectivity index (χ3n) is 1.38. The van der Waals surface area contributed by atoms with Crippen LogP contribution in [0.5, 0.6) is 0 Å². The Labute approximate surface area is 72.2 Å². The Bertz CT molecular complexity index is 370. The minimum atomic E-state index is -2.06. The molecule has 0 saturated heterocycles. The number of pyridine rings is 1. The minimum Gasteiger partial charge on any atom is -0.302 e. The van der Waals surface area contributed by atoms with Crippen LogP contribution in [-0.4, -0.2) is 13.7 Å². The van der Waals surface area contributed by atoms with Crippen molar-refractivity contribution in [2.75, 3.05) is 0 Å². The first-order valence-electron chi connectivity index (χ1n) is 3.12. The molecule has 0 fully saturated rings. The molecule has 12 heavy (non-hydrogen) atoms. The summed E-state index contributed by atoms with van der Waals surface area (Å²) in [5.41, 5.74) is 0.890. The second-order valence-electron chi connectivity index (χ2n) is 2.16. The molecule has 0 radical (unpaired) electrons. The third-order valence-corrected chi connectivity index (χ3v) is 2.01. The zero-order valence-electron chi connectivity index (χ0n) is 6.31. The summed E-state index contributed by atoms with van der Waals surface area (Å²) < 4.78 is 19.2. The Hall–Kier alpha value is -1.25. The number of rotatable bonds is 1. The van der Waals surface area contributed by atoms with E-state index in [9.17, 15) is 4.21 Å². The lowest BCUT2D eigenvalue weighted by molar-refractivity contribution is 0.564. The van der Waals surface area contributed by atoms with Crippen LogP contribution in [0.15, 0.2) is 17.2 Å². The van der Waals surface area contributed by atoms with Gasteiger partial charge in [0.2, 0.25) is 0 Å². The van der Waals surface area contributed by atoms with Crippen LogP contribution in [0.4, 0.5) is 0 Å². The Morgan fingerprint density at radius 3 is 2.92 bits per heavy atom. The van der Waals surface area contributed by atoms with Gasteiger partial charge in [-0.05, 0) is 13.0 Å². The van der Waals surface area contributed by atoms with Crippen molar-refractivity contribution >= 4 is 11.1 Å². The van der Waals surface area contributed by atoms with E-state index in [4.69, 9.17) is 9.81 Å². The summed E-state index contributed by atoms with van der Waals surface area (Å²) in [6, 6.07) is 3.24. The summed E-state index contributed by atoms with van der Waals surface area (Å²) in [7, 11) is 0. The average Bonchev–Trinajstić information content (AvgIpc) is 2.05. The quantitative estimate of drug-likeness (QED) is 0.653. The summed E-state index contributed by atoms with van der Waals surface area (Å²) in [5.74, 6) is 0. The molecule has 0 spiro atoms. The Kier molecular flexibility index (Phi) is 2.53. The fourth-order valence-electron chi connectivity index (χ4n) is 0.723. The summed E-state index contributed by atoms with van der Waals surface area (Å²) >= 11 is -2.06. The molecule has 0 aromatic carbocycles. The van der Waals surface area contributed by atoms with Gasteiger partial charge < -0.3 is 4.55 Å². The van der Waals surface area contributed by atoms with Gasteiger partial charge in [-0.1, -0.05) is 0 Å². The molecule has 0 aliphatic rings. The van der Waals surface area contributed by atoms with Gasteiger partial charge in [-0.2, -0.15) is 5.26 Å². The van der Waals surface area contributed by atoms with Gasteiger partial charge >= 0.3 is 0 Å². The second kappa shape index (κ2) is 3.43. The number of hydrogen-bond donors (Lipinski definition) is 1. The lowest BCUT2D eigenvalue weighted by atomic mass is 10.2. The van der Waals surface area contributed by atoms with Crippen LogP contribution in [0.3, 0.4) is 0 Å². The first-order chi connectivity index (χ1) is 5.65. The molecular formula is C7H6N2O2S. The van der Waals surface area contributed by atoms with Crippen LogP contribution in [-0.2, 0) is 11.1 Å². The van der Waals surface area contributed by atoms with E-state index in [-0.39, 0.29) is 4.90 Å². The van der Waals surface area contributed by atoms with Gasteiger partial charge in [0.1, 0.15) is 6.07 Å². The molecular weight excluding hydrogens is 176 g/mol. The van der Waals surface area contributed by atoms with Gasteiger partial charge in [0.15, 0.2) is 11.1 Å². The number of aryl methyl sites for hydroxylation is 1. The number of nitrogens with zero attached hydrogens (tertiary/aromatic N) is 2. The van der Waals surface area contributed by atoms with Crippen molar-refractivity contribution in [3.05, 3.63) is 23.5 Å². The normalized spacial score (nSPS) is 12.1. The molecule has 1 heterocycles. The molecule has 4 nitrogen and oxygen atoms in total. The topological polar surface area (TPSA) is 74.0 Å². The van der Waals surface area contributed by atoms with Gasteiger partial charge in [0.05, 0.1) is 16.2 Å². The largest absolute Gasteiger partial charge is 0.302 e. The molecule has 0 aliphatic heterocycles. The molecule has 0 saturated carbocycles. The molecule has 0 bridgehead atoms. The first kappa shape index (κ1) is 8.84. The van der Waals surface area contributed by atoms with Crippen molar-refractivity contribution in [2.45, 2.75) is 11.8 Å². The van der Waals surface area contributed by atoms with Crippen molar-refractivity contribution in [1.29, 1.82) is 5.26 Å². The maximum atomic E-state index is 10.5. The molecule has 1 aromatic heterocycles. The van der Waals surface area contributed by atoms with Crippen molar-refractivity contribution in [3.8, 4) is 6.07 Å². The summed E-state index contributed by atoms with van der Waals surface area (Å²) in [6.45, 7) is 1.67. The van der Waals surface area contributed by atoms with E-state index in [1.807, 2.05) is 6.07 Å². The van der Waals surface area contributed by atoms with E-state index >= 15 is 0 Å². The van der Waals surface area contributed by atoms with Crippen molar-refractivity contribution in [1.82, 2.24) is 4.98 Å². The average molecular weight is 182 g/mol. The van der Waals surface area contributed by atoms with Gasteiger partial charge in [0.25, 0.3) is 0 Å². The predicted molar refractivity (Wildman–Crippen MR) is 42.7 cm³/mol. The lowest BCUT2D eigenvalue weighted by Gasteiger charge is -1.97. The van der Waals surface area contributed by atoms with E-state index in [1.165, 1.54) is 12.3 Å². The van der Waals surface area contributed by atoms with Gasteiger partial charge in [0, 0.05) is 6.20 Å². The van der Waals surface area contributed by atoms with Crippen molar-refractivity contribution in [3.63, 3.8) is 0 Å². The van der Waals surface area contributed by atoms with E-state index in [1.54, 1.807) is 6.92 Å². The molecule has 0 aliphatic carbocycles. The molecule has 1 rings (SSSR count). The Morgan fingerprint density at radius 2 is 2.42 bits per heavy atom. The molecule has 62 valence electrons. The first-order valence-corrected chi connectivity index (χ1v) is 4.23. The van der Waals surface area contributed by atoms with Gasteiger partial charge in [-0.25, -0.2) is 4.21 Å². The Morgan fingerprint density at radius 1 is 1.75 bits per heavy atom. The van der Waals surface area contributed by atoms with E-state index in [0.29, 0.717) is 11.3 Å². The maximum absolute atomic E-state index is 10.5. The molecule has 0 amide bonds.